The Hall–Kier alpha value is -3.65. The first-order valence-corrected chi connectivity index (χ1v) is 11.9. The number of hydrogen-bond donors (Lipinski definition) is 0. The van der Waals surface area contributed by atoms with Crippen molar-refractivity contribution in [1.29, 1.82) is 0 Å². The van der Waals surface area contributed by atoms with E-state index in [0.29, 0.717) is 0 Å². The molecule has 0 amide bonds. The molecule has 1 aliphatic carbocycles. The average Bonchev–Trinajstić information content (AvgIpc) is 2.88. The maximum atomic E-state index is 6.28. The van der Waals surface area contributed by atoms with Crippen molar-refractivity contribution in [2.45, 2.75) is 26.7 Å². The third-order valence-corrected chi connectivity index (χ3v) is 5.66. The fourth-order valence-corrected chi connectivity index (χ4v) is 4.03. The van der Waals surface area contributed by atoms with E-state index in [1.165, 1.54) is 11.3 Å². The van der Waals surface area contributed by atoms with Gasteiger partial charge >= 0.3 is 0 Å². The van der Waals surface area contributed by atoms with Gasteiger partial charge in [0.1, 0.15) is 24.6 Å². The monoisotopic (exact) mass is 434 g/mol. The Morgan fingerprint density at radius 1 is 0.697 bits per heavy atom. The molecule has 0 saturated carbocycles. The van der Waals surface area contributed by atoms with Gasteiger partial charge in [0.2, 0.25) is 0 Å². The number of allylic oxidation sites excluding steroid dienone is 10. The SMILES string of the molecule is CCC[N+](CCC)=C1C=CC(=CC=C2C=C(c3ccccc3)C=C(c3ccccc3)O2)C=C1. The lowest BCUT2D eigenvalue weighted by Crippen LogP contribution is -2.21. The van der Waals surface area contributed by atoms with E-state index in [9.17, 15) is 0 Å². The summed E-state index contributed by atoms with van der Waals surface area (Å²) in [4.78, 5) is 0. The van der Waals surface area contributed by atoms with Crippen molar-refractivity contribution in [3.8, 4) is 0 Å². The summed E-state index contributed by atoms with van der Waals surface area (Å²) in [5.74, 6) is 1.69. The molecule has 4 rings (SSSR count). The predicted molar refractivity (Wildman–Crippen MR) is 140 cm³/mol. The maximum Gasteiger partial charge on any atom is 0.199 e. The van der Waals surface area contributed by atoms with E-state index in [4.69, 9.17) is 4.74 Å². The number of hydrogen-bond acceptors (Lipinski definition) is 1. The predicted octanol–water partition coefficient (Wildman–Crippen LogP) is 7.35. The molecule has 1 heterocycles. The zero-order chi connectivity index (χ0) is 22.9. The molecule has 0 atom stereocenters. The summed E-state index contributed by atoms with van der Waals surface area (Å²) in [6, 6.07) is 20.7. The minimum absolute atomic E-state index is 0.831. The first-order valence-electron chi connectivity index (χ1n) is 11.9. The molecular formula is C31H32NO+. The van der Waals surface area contributed by atoms with Gasteiger partial charge in [0.15, 0.2) is 5.71 Å². The lowest BCUT2D eigenvalue weighted by atomic mass is 10.0. The van der Waals surface area contributed by atoms with Gasteiger partial charge in [0.25, 0.3) is 0 Å². The normalized spacial score (nSPS) is 16.4. The molecule has 0 saturated heterocycles. The molecule has 2 heteroatoms. The van der Waals surface area contributed by atoms with E-state index < -0.39 is 0 Å². The fourth-order valence-electron chi connectivity index (χ4n) is 4.03. The molecule has 166 valence electrons. The van der Waals surface area contributed by atoms with Crippen molar-refractivity contribution in [2.24, 2.45) is 0 Å². The maximum absolute atomic E-state index is 6.28. The van der Waals surface area contributed by atoms with E-state index in [1.54, 1.807) is 0 Å². The Labute approximate surface area is 197 Å². The van der Waals surface area contributed by atoms with Gasteiger partial charge in [0.05, 0.1) is 0 Å². The van der Waals surface area contributed by atoms with Crippen LogP contribution in [0.25, 0.3) is 11.3 Å². The van der Waals surface area contributed by atoms with Crippen molar-refractivity contribution in [1.82, 2.24) is 0 Å². The quantitative estimate of drug-likeness (QED) is 0.415. The molecular weight excluding hydrogens is 402 g/mol. The number of benzene rings is 2. The molecule has 0 bridgehead atoms. The Morgan fingerprint density at radius 2 is 1.30 bits per heavy atom. The highest BCUT2D eigenvalue weighted by molar-refractivity contribution is 6.02. The van der Waals surface area contributed by atoms with Gasteiger partial charge < -0.3 is 4.74 Å². The van der Waals surface area contributed by atoms with Gasteiger partial charge in [0, 0.05) is 30.6 Å². The zero-order valence-electron chi connectivity index (χ0n) is 19.6. The van der Waals surface area contributed by atoms with E-state index in [-0.39, 0.29) is 0 Å². The van der Waals surface area contributed by atoms with Crippen molar-refractivity contribution in [2.75, 3.05) is 13.1 Å². The topological polar surface area (TPSA) is 12.2 Å². The van der Waals surface area contributed by atoms with Crippen LogP contribution in [0.4, 0.5) is 0 Å². The summed E-state index contributed by atoms with van der Waals surface area (Å²) in [5, 5.41) is 0. The molecule has 2 nitrogen and oxygen atoms in total. The van der Waals surface area contributed by atoms with Crippen LogP contribution in [0.15, 0.2) is 121 Å². The van der Waals surface area contributed by atoms with Crippen molar-refractivity contribution in [3.05, 3.63) is 132 Å². The molecule has 2 aromatic rings. The van der Waals surface area contributed by atoms with Gasteiger partial charge in [-0.15, -0.1) is 0 Å². The van der Waals surface area contributed by atoms with Crippen LogP contribution >= 0.6 is 0 Å². The zero-order valence-corrected chi connectivity index (χ0v) is 19.6. The lowest BCUT2D eigenvalue weighted by Gasteiger charge is -2.18. The third-order valence-electron chi connectivity index (χ3n) is 5.66. The van der Waals surface area contributed by atoms with E-state index >= 15 is 0 Å². The standard InChI is InChI=1S/C31H32NO/c1-3-21-32(22-4-2)29-18-15-25(16-19-29)17-20-30-23-28(26-11-7-5-8-12-26)24-31(33-30)27-13-9-6-10-14-27/h5-20,23-24H,3-4,21-22H2,1-2H3/q+1. The van der Waals surface area contributed by atoms with Crippen molar-refractivity contribution < 1.29 is 9.31 Å². The van der Waals surface area contributed by atoms with Crippen LogP contribution in [0.1, 0.15) is 37.8 Å². The Kier molecular flexibility index (Phi) is 7.71. The van der Waals surface area contributed by atoms with E-state index in [1.807, 2.05) is 24.3 Å². The van der Waals surface area contributed by atoms with Crippen LogP contribution < -0.4 is 0 Å². The second-order valence-corrected chi connectivity index (χ2v) is 8.26. The lowest BCUT2D eigenvalue weighted by molar-refractivity contribution is -0.526. The molecule has 1 aliphatic heterocycles. The van der Waals surface area contributed by atoms with Crippen LogP contribution in [0.5, 0.6) is 0 Å². The molecule has 0 fully saturated rings. The summed E-state index contributed by atoms with van der Waals surface area (Å²) in [6.45, 7) is 6.65. The van der Waals surface area contributed by atoms with E-state index in [0.717, 1.165) is 54.2 Å². The highest BCUT2D eigenvalue weighted by atomic mass is 16.5. The second kappa shape index (κ2) is 11.3. The first kappa shape index (κ1) is 22.5. The molecule has 33 heavy (non-hydrogen) atoms. The van der Waals surface area contributed by atoms with Gasteiger partial charge in [-0.1, -0.05) is 80.6 Å². The van der Waals surface area contributed by atoms with Gasteiger partial charge in [-0.25, -0.2) is 4.58 Å². The van der Waals surface area contributed by atoms with Gasteiger partial charge in [-0.2, -0.15) is 0 Å². The molecule has 0 radical (unpaired) electrons. The highest BCUT2D eigenvalue weighted by Gasteiger charge is 2.14. The number of ether oxygens (including phenoxy) is 1. The Bertz CT molecular complexity index is 1150. The molecule has 0 N–H and O–H groups in total. The molecule has 0 unspecified atom stereocenters. The summed E-state index contributed by atoms with van der Waals surface area (Å²) < 4.78 is 8.73. The summed E-state index contributed by atoms with van der Waals surface area (Å²) in [6.07, 6.45) is 19.5. The molecule has 2 aromatic carbocycles. The second-order valence-electron chi connectivity index (χ2n) is 8.26. The molecule has 0 spiro atoms. The minimum Gasteiger partial charge on any atom is -0.457 e. The Morgan fingerprint density at radius 3 is 1.91 bits per heavy atom. The van der Waals surface area contributed by atoms with Gasteiger partial charge in [-0.05, 0) is 47.1 Å². The third kappa shape index (κ3) is 5.98. The Balaban J connectivity index is 1.61. The number of rotatable bonds is 7. The van der Waals surface area contributed by atoms with Crippen LogP contribution in [0.3, 0.4) is 0 Å². The highest BCUT2D eigenvalue weighted by Crippen LogP contribution is 2.31. The largest absolute Gasteiger partial charge is 0.457 e. The van der Waals surface area contributed by atoms with Crippen LogP contribution in [0.2, 0.25) is 0 Å². The number of nitrogens with zero attached hydrogens (tertiary/aromatic N) is 1. The molecule has 2 aliphatic rings. The fraction of sp³-hybridized carbons (Fsp3) is 0.194. The summed E-state index contributed by atoms with van der Waals surface area (Å²) >= 11 is 0. The van der Waals surface area contributed by atoms with Crippen LogP contribution in [-0.2, 0) is 4.74 Å². The van der Waals surface area contributed by atoms with E-state index in [2.05, 4.69) is 103 Å². The van der Waals surface area contributed by atoms with Crippen LogP contribution in [-0.4, -0.2) is 23.4 Å². The average molecular weight is 435 g/mol. The van der Waals surface area contributed by atoms with Crippen molar-refractivity contribution in [3.63, 3.8) is 0 Å². The first-order chi connectivity index (χ1) is 16.3. The van der Waals surface area contributed by atoms with Gasteiger partial charge in [-0.3, -0.25) is 0 Å². The summed E-state index contributed by atoms with van der Waals surface area (Å²) in [7, 11) is 0. The molecule has 0 aromatic heterocycles. The minimum atomic E-state index is 0.831. The van der Waals surface area contributed by atoms with Crippen LogP contribution in [0, 0.1) is 0 Å². The van der Waals surface area contributed by atoms with Crippen molar-refractivity contribution >= 4 is 17.0 Å². The smallest absolute Gasteiger partial charge is 0.199 e. The summed E-state index contributed by atoms with van der Waals surface area (Å²) in [5.41, 5.74) is 5.84.